The number of rotatable bonds is 7. The van der Waals surface area contributed by atoms with E-state index in [-0.39, 0.29) is 30.5 Å². The third-order valence-electron chi connectivity index (χ3n) is 5.68. The molecule has 4 rings (SSSR count). The number of aliphatic hydroxyl groups is 1. The van der Waals surface area contributed by atoms with Gasteiger partial charge in [0.25, 0.3) is 0 Å². The maximum Gasteiger partial charge on any atom is 0.244 e. The molecule has 1 aliphatic rings. The normalized spacial score (nSPS) is 14.2. The molecule has 33 heavy (non-hydrogen) atoms. The minimum atomic E-state index is -0.796. The molecule has 8 heteroatoms. The zero-order valence-electron chi connectivity index (χ0n) is 18.0. The molecule has 5 N–H and O–H groups in total. The Morgan fingerprint density at radius 1 is 1.09 bits per heavy atom. The van der Waals surface area contributed by atoms with Gasteiger partial charge in [-0.1, -0.05) is 17.7 Å². The predicted molar refractivity (Wildman–Crippen MR) is 130 cm³/mol. The summed E-state index contributed by atoms with van der Waals surface area (Å²) in [6.45, 7) is 0.345. The molecule has 1 unspecified atom stereocenters. The van der Waals surface area contributed by atoms with Crippen LogP contribution >= 0.6 is 11.6 Å². The molecule has 0 spiro atoms. The van der Waals surface area contributed by atoms with E-state index in [0.29, 0.717) is 10.6 Å². The van der Waals surface area contributed by atoms with Gasteiger partial charge in [-0.25, -0.2) is 0 Å². The number of aliphatic hydroxyl groups excluding tert-OH is 1. The first-order chi connectivity index (χ1) is 15.9. The number of carbonyl (C=O) groups excluding carboxylic acids is 1. The highest BCUT2D eigenvalue weighted by Crippen LogP contribution is 2.34. The Morgan fingerprint density at radius 3 is 2.73 bits per heavy atom. The van der Waals surface area contributed by atoms with E-state index in [1.165, 1.54) is 29.8 Å². The first-order valence-corrected chi connectivity index (χ1v) is 11.3. The summed E-state index contributed by atoms with van der Waals surface area (Å²) in [7, 11) is 0. The summed E-state index contributed by atoms with van der Waals surface area (Å²) in [5.74, 6) is -0.853. The Kier molecular flexibility index (Phi) is 7.01. The minimum Gasteiger partial charge on any atom is -0.504 e. The van der Waals surface area contributed by atoms with Crippen LogP contribution in [0.5, 0.6) is 11.5 Å². The van der Waals surface area contributed by atoms with E-state index >= 15 is 0 Å². The van der Waals surface area contributed by atoms with Crippen molar-refractivity contribution in [1.82, 2.24) is 10.3 Å². The number of fused-ring (bicyclic) bond motifs is 2. The van der Waals surface area contributed by atoms with E-state index in [0.717, 1.165) is 48.0 Å². The van der Waals surface area contributed by atoms with Crippen molar-refractivity contribution in [2.45, 2.75) is 31.8 Å². The lowest BCUT2D eigenvalue weighted by Gasteiger charge is -2.23. The standard InChI is InChI=1S/C25H26ClN3O4/c26-16-7-8-19-21(12-16)29-20-4-2-1-3-18(20)25(19)28-14-17(30)13-27-24(33)10-6-15-5-9-22(31)23(32)11-15/h5-12,17,30-32H,1-4,13-14H2,(H,27,33)(H,28,29)/b10-6+. The summed E-state index contributed by atoms with van der Waals surface area (Å²) in [6.07, 6.45) is 6.10. The largest absolute Gasteiger partial charge is 0.504 e. The number of amides is 1. The van der Waals surface area contributed by atoms with Crippen LogP contribution in [0.15, 0.2) is 42.5 Å². The summed E-state index contributed by atoms with van der Waals surface area (Å²) < 4.78 is 0. The van der Waals surface area contributed by atoms with Gasteiger partial charge in [0.15, 0.2) is 11.5 Å². The average Bonchev–Trinajstić information content (AvgIpc) is 2.81. The minimum absolute atomic E-state index is 0.0774. The molecule has 0 saturated carbocycles. The maximum atomic E-state index is 12.1. The van der Waals surface area contributed by atoms with E-state index in [2.05, 4.69) is 10.6 Å². The molecule has 1 heterocycles. The number of benzene rings is 2. The highest BCUT2D eigenvalue weighted by molar-refractivity contribution is 6.31. The fourth-order valence-corrected chi connectivity index (χ4v) is 4.15. The number of aromatic hydroxyl groups is 2. The molecule has 1 atom stereocenters. The van der Waals surface area contributed by atoms with Crippen molar-refractivity contribution in [2.75, 3.05) is 18.4 Å². The molecule has 172 valence electrons. The van der Waals surface area contributed by atoms with E-state index in [1.54, 1.807) is 6.07 Å². The van der Waals surface area contributed by atoms with Gasteiger partial charge >= 0.3 is 0 Å². The summed E-state index contributed by atoms with van der Waals surface area (Å²) >= 11 is 6.16. The molecule has 2 aromatic carbocycles. The van der Waals surface area contributed by atoms with Gasteiger partial charge in [0.2, 0.25) is 5.91 Å². The number of phenols is 2. The Hall–Kier alpha value is -3.29. The molecule has 0 bridgehead atoms. The number of hydrogen-bond acceptors (Lipinski definition) is 6. The Balaban J connectivity index is 1.37. The average molecular weight is 468 g/mol. The van der Waals surface area contributed by atoms with Crippen LogP contribution in [0.1, 0.15) is 29.7 Å². The lowest BCUT2D eigenvalue weighted by Crippen LogP contribution is -2.35. The number of carbonyl (C=O) groups is 1. The number of aromatic nitrogens is 1. The van der Waals surface area contributed by atoms with Crippen LogP contribution in [0.2, 0.25) is 5.02 Å². The van der Waals surface area contributed by atoms with Gasteiger partial charge in [-0.05, 0) is 73.2 Å². The molecule has 0 radical (unpaired) electrons. The van der Waals surface area contributed by atoms with Crippen LogP contribution in [0.4, 0.5) is 5.69 Å². The fraction of sp³-hybridized carbons (Fsp3) is 0.280. The van der Waals surface area contributed by atoms with Crippen LogP contribution in [-0.4, -0.2) is 45.4 Å². The first-order valence-electron chi connectivity index (χ1n) is 10.9. The van der Waals surface area contributed by atoms with Crippen molar-refractivity contribution in [2.24, 2.45) is 0 Å². The van der Waals surface area contributed by atoms with E-state index in [1.807, 2.05) is 18.2 Å². The van der Waals surface area contributed by atoms with Gasteiger partial charge in [0.1, 0.15) is 0 Å². The second-order valence-corrected chi connectivity index (χ2v) is 8.58. The summed E-state index contributed by atoms with van der Waals surface area (Å²) in [6, 6.07) is 9.91. The molecule has 7 nitrogen and oxygen atoms in total. The number of phenolic OH excluding ortho intramolecular Hbond substituents is 2. The van der Waals surface area contributed by atoms with Gasteiger partial charge in [-0.3, -0.25) is 9.78 Å². The quantitative estimate of drug-likeness (QED) is 0.267. The molecule has 1 aliphatic carbocycles. The van der Waals surface area contributed by atoms with Crippen LogP contribution in [0.3, 0.4) is 0 Å². The Labute approximate surface area is 196 Å². The molecular weight excluding hydrogens is 442 g/mol. The number of halogens is 1. The smallest absolute Gasteiger partial charge is 0.244 e. The number of anilines is 1. The number of hydrogen-bond donors (Lipinski definition) is 5. The lowest BCUT2D eigenvalue weighted by atomic mass is 9.92. The fourth-order valence-electron chi connectivity index (χ4n) is 3.99. The highest BCUT2D eigenvalue weighted by Gasteiger charge is 2.19. The monoisotopic (exact) mass is 467 g/mol. The Bertz CT molecular complexity index is 1210. The van der Waals surface area contributed by atoms with Crippen LogP contribution in [-0.2, 0) is 17.6 Å². The molecule has 1 amide bonds. The van der Waals surface area contributed by atoms with Crippen molar-refractivity contribution in [1.29, 1.82) is 0 Å². The molecule has 3 aromatic rings. The van der Waals surface area contributed by atoms with Crippen molar-refractivity contribution in [3.8, 4) is 11.5 Å². The van der Waals surface area contributed by atoms with Crippen LogP contribution in [0, 0.1) is 0 Å². The number of pyridine rings is 1. The third kappa shape index (κ3) is 5.56. The Morgan fingerprint density at radius 2 is 1.91 bits per heavy atom. The number of aryl methyl sites for hydroxylation is 1. The predicted octanol–water partition coefficient (Wildman–Crippen LogP) is 3.78. The molecule has 0 saturated heterocycles. The lowest BCUT2D eigenvalue weighted by molar-refractivity contribution is -0.116. The van der Waals surface area contributed by atoms with Crippen LogP contribution < -0.4 is 10.6 Å². The molecular formula is C25H26ClN3O4. The zero-order valence-corrected chi connectivity index (χ0v) is 18.8. The summed E-state index contributed by atoms with van der Waals surface area (Å²) in [5, 5.41) is 36.9. The third-order valence-corrected chi connectivity index (χ3v) is 5.91. The number of nitrogens with one attached hydrogen (secondary N) is 2. The van der Waals surface area contributed by atoms with Gasteiger partial charge < -0.3 is 26.0 Å². The van der Waals surface area contributed by atoms with E-state index in [9.17, 15) is 20.1 Å². The van der Waals surface area contributed by atoms with Gasteiger partial charge in [-0.2, -0.15) is 0 Å². The van der Waals surface area contributed by atoms with Gasteiger partial charge in [-0.15, -0.1) is 0 Å². The van der Waals surface area contributed by atoms with Crippen molar-refractivity contribution >= 4 is 40.2 Å². The van der Waals surface area contributed by atoms with E-state index < -0.39 is 6.10 Å². The SMILES string of the molecule is O=C(/C=C/c1ccc(O)c(O)c1)NCC(O)CNc1c2c(nc3cc(Cl)ccc13)CCCC2. The second kappa shape index (κ2) is 10.1. The van der Waals surface area contributed by atoms with Crippen molar-refractivity contribution < 1.29 is 20.1 Å². The second-order valence-electron chi connectivity index (χ2n) is 8.14. The van der Waals surface area contributed by atoms with Crippen molar-refractivity contribution in [3.05, 3.63) is 64.3 Å². The van der Waals surface area contributed by atoms with E-state index in [4.69, 9.17) is 16.6 Å². The summed E-state index contributed by atoms with van der Waals surface area (Å²) in [5.41, 5.74) is 4.64. The van der Waals surface area contributed by atoms with Crippen molar-refractivity contribution in [3.63, 3.8) is 0 Å². The molecule has 1 aromatic heterocycles. The van der Waals surface area contributed by atoms with Gasteiger partial charge in [0.05, 0.1) is 11.6 Å². The first kappa shape index (κ1) is 22.9. The van der Waals surface area contributed by atoms with Crippen LogP contribution in [0.25, 0.3) is 17.0 Å². The molecule has 0 fully saturated rings. The zero-order chi connectivity index (χ0) is 23.4. The maximum absolute atomic E-state index is 12.1. The highest BCUT2D eigenvalue weighted by atomic mass is 35.5. The molecule has 0 aliphatic heterocycles. The topological polar surface area (TPSA) is 115 Å². The number of nitrogens with zero attached hydrogens (tertiary/aromatic N) is 1. The van der Waals surface area contributed by atoms with Gasteiger partial charge in [0, 0.05) is 41.0 Å². The summed E-state index contributed by atoms with van der Waals surface area (Å²) in [4.78, 5) is 16.9.